The highest BCUT2D eigenvalue weighted by molar-refractivity contribution is 5.92. The fraction of sp³-hybridized carbons (Fsp3) is 0.440. The van der Waals surface area contributed by atoms with Crippen molar-refractivity contribution in [1.82, 2.24) is 9.55 Å². The monoisotopic (exact) mass is 546 g/mol. The first-order valence-electron chi connectivity index (χ1n) is 11.8. The summed E-state index contributed by atoms with van der Waals surface area (Å²) in [4.78, 5) is 77.1. The van der Waals surface area contributed by atoms with E-state index in [0.717, 1.165) is 38.9 Å². The van der Waals surface area contributed by atoms with Crippen LogP contribution in [0, 0.1) is 0 Å². The van der Waals surface area contributed by atoms with Crippen LogP contribution in [-0.2, 0) is 49.5 Å². The lowest BCUT2D eigenvalue weighted by molar-refractivity contribution is -0.183. The van der Waals surface area contributed by atoms with Gasteiger partial charge in [0.15, 0.2) is 18.3 Å². The van der Waals surface area contributed by atoms with Crippen LogP contribution in [0.25, 0.3) is 10.9 Å². The maximum atomic E-state index is 13.1. The molecule has 2 aromatic rings. The number of hydrogen-bond donors (Lipinski definition) is 0. The van der Waals surface area contributed by atoms with Crippen molar-refractivity contribution >= 4 is 52.9 Å². The number of carbonyl (C=O) groups excluding carboxylic acids is 5. The lowest BCUT2D eigenvalue weighted by Crippen LogP contribution is -2.48. The Balaban J connectivity index is 2.64. The third kappa shape index (κ3) is 8.45. The number of fused-ring (bicyclic) bond motifs is 1. The maximum absolute atomic E-state index is 13.1. The Bertz CT molecular complexity index is 1340. The standard InChI is InChI=1S/C25H30N4O10/c1-7-28-24(35)19-10-8-9-11-20(19)27-25(28)29(14(2)30)26-12-21(37-16(4)32)23(39-18(6)34)22(38-17(5)33)13-36-15(3)31/h8-12,21-23H,7,13H2,1-6H3/b26-12+/t21-,22+,23+/m0/s1. The van der Waals surface area contributed by atoms with E-state index >= 15 is 0 Å². The molecule has 210 valence electrons. The van der Waals surface area contributed by atoms with Gasteiger partial charge in [-0.2, -0.15) is 10.1 Å². The van der Waals surface area contributed by atoms with Gasteiger partial charge in [0.25, 0.3) is 5.56 Å². The van der Waals surface area contributed by atoms with E-state index in [0.29, 0.717) is 10.9 Å². The Morgan fingerprint density at radius 3 is 2.10 bits per heavy atom. The molecule has 0 bridgehead atoms. The van der Waals surface area contributed by atoms with Gasteiger partial charge in [-0.15, -0.1) is 0 Å². The van der Waals surface area contributed by atoms with Crippen molar-refractivity contribution in [2.45, 2.75) is 66.4 Å². The van der Waals surface area contributed by atoms with Crippen LogP contribution in [0.15, 0.2) is 34.2 Å². The molecule has 0 N–H and O–H groups in total. The van der Waals surface area contributed by atoms with Crippen LogP contribution in [0.5, 0.6) is 0 Å². The summed E-state index contributed by atoms with van der Waals surface area (Å²) >= 11 is 0. The Morgan fingerprint density at radius 1 is 0.949 bits per heavy atom. The second kappa shape index (κ2) is 13.8. The highest BCUT2D eigenvalue weighted by Gasteiger charge is 2.37. The third-order valence-electron chi connectivity index (χ3n) is 5.04. The Labute approximate surface area is 223 Å². The van der Waals surface area contributed by atoms with Gasteiger partial charge in [-0.3, -0.25) is 33.3 Å². The highest BCUT2D eigenvalue weighted by Crippen LogP contribution is 2.18. The number of para-hydroxylation sites is 1. The average Bonchev–Trinajstić information content (AvgIpc) is 2.84. The molecule has 1 amide bonds. The molecule has 14 heteroatoms. The summed E-state index contributed by atoms with van der Waals surface area (Å²) in [5, 5.41) is 5.25. The van der Waals surface area contributed by atoms with E-state index in [9.17, 15) is 28.8 Å². The highest BCUT2D eigenvalue weighted by atomic mass is 16.6. The third-order valence-corrected chi connectivity index (χ3v) is 5.04. The number of hydrogen-bond acceptors (Lipinski definition) is 12. The minimum atomic E-state index is -1.54. The fourth-order valence-electron chi connectivity index (χ4n) is 3.54. The Kier molecular flexibility index (Phi) is 10.8. The summed E-state index contributed by atoms with van der Waals surface area (Å²) in [5.74, 6) is -3.97. The molecule has 0 fully saturated rings. The number of rotatable bonds is 11. The largest absolute Gasteiger partial charge is 0.462 e. The number of anilines is 1. The van der Waals surface area contributed by atoms with Gasteiger partial charge in [0.05, 0.1) is 17.1 Å². The molecule has 39 heavy (non-hydrogen) atoms. The zero-order valence-corrected chi connectivity index (χ0v) is 22.4. The first-order valence-corrected chi connectivity index (χ1v) is 11.8. The van der Waals surface area contributed by atoms with Crippen molar-refractivity contribution in [2.75, 3.05) is 11.6 Å². The first-order chi connectivity index (χ1) is 18.3. The number of carbonyl (C=O) groups is 5. The molecule has 0 aliphatic carbocycles. The van der Waals surface area contributed by atoms with Crippen LogP contribution >= 0.6 is 0 Å². The zero-order valence-electron chi connectivity index (χ0n) is 22.4. The predicted molar refractivity (Wildman–Crippen MR) is 137 cm³/mol. The molecule has 0 spiro atoms. The summed E-state index contributed by atoms with van der Waals surface area (Å²) in [6, 6.07) is 6.55. The molecule has 0 aliphatic heterocycles. The quantitative estimate of drug-likeness (QED) is 0.171. The van der Waals surface area contributed by atoms with Gasteiger partial charge < -0.3 is 18.9 Å². The SMILES string of the molecule is CCn1c(N(/N=C/[C@H](OC(C)=O)[C@@H](OC(C)=O)[C@@H](COC(C)=O)OC(C)=O)C(C)=O)nc2ccccc2c1=O. The second-order valence-electron chi connectivity index (χ2n) is 8.17. The van der Waals surface area contributed by atoms with Crippen LogP contribution in [0.2, 0.25) is 0 Å². The Hall–Kier alpha value is -4.62. The summed E-state index contributed by atoms with van der Waals surface area (Å²) < 4.78 is 21.9. The zero-order chi connectivity index (χ0) is 29.3. The lowest BCUT2D eigenvalue weighted by Gasteiger charge is -2.30. The van der Waals surface area contributed by atoms with Crippen LogP contribution in [0.4, 0.5) is 5.95 Å². The smallest absolute Gasteiger partial charge is 0.303 e. The molecule has 0 radical (unpaired) electrons. The first kappa shape index (κ1) is 30.6. The number of hydrazone groups is 1. The van der Waals surface area contributed by atoms with Crippen LogP contribution in [-0.4, -0.2) is 70.5 Å². The van der Waals surface area contributed by atoms with E-state index in [1.165, 1.54) is 11.5 Å². The van der Waals surface area contributed by atoms with Gasteiger partial charge in [0.2, 0.25) is 11.9 Å². The summed E-state index contributed by atoms with van der Waals surface area (Å²) in [7, 11) is 0. The van der Waals surface area contributed by atoms with Crippen molar-refractivity contribution in [3.63, 3.8) is 0 Å². The summed E-state index contributed by atoms with van der Waals surface area (Å²) in [5.41, 5.74) is -0.0977. The van der Waals surface area contributed by atoms with E-state index < -0.39 is 60.3 Å². The molecule has 1 heterocycles. The minimum Gasteiger partial charge on any atom is -0.462 e. The maximum Gasteiger partial charge on any atom is 0.303 e. The number of amides is 1. The number of ether oxygens (including phenoxy) is 4. The van der Waals surface area contributed by atoms with Gasteiger partial charge in [0.1, 0.15) is 6.61 Å². The van der Waals surface area contributed by atoms with Crippen LogP contribution in [0.3, 0.4) is 0 Å². The minimum absolute atomic E-state index is 0.119. The molecule has 2 rings (SSSR count). The molecular formula is C25H30N4O10. The van der Waals surface area contributed by atoms with Crippen LogP contribution < -0.4 is 10.6 Å². The number of aromatic nitrogens is 2. The van der Waals surface area contributed by atoms with Crippen molar-refractivity contribution in [1.29, 1.82) is 0 Å². The van der Waals surface area contributed by atoms with E-state index in [2.05, 4.69) is 10.1 Å². The van der Waals surface area contributed by atoms with Crippen LogP contribution in [0.1, 0.15) is 41.5 Å². The molecular weight excluding hydrogens is 516 g/mol. The molecule has 0 saturated carbocycles. The summed E-state index contributed by atoms with van der Waals surface area (Å²) in [6.07, 6.45) is -3.52. The van der Waals surface area contributed by atoms with Gasteiger partial charge >= 0.3 is 23.9 Å². The predicted octanol–water partition coefficient (Wildman–Crippen LogP) is 1.11. The van der Waals surface area contributed by atoms with E-state index in [4.69, 9.17) is 18.9 Å². The Morgan fingerprint density at radius 2 is 1.56 bits per heavy atom. The molecule has 0 saturated heterocycles. The molecule has 3 atom stereocenters. The molecule has 0 aliphatic rings. The van der Waals surface area contributed by atoms with Gasteiger partial charge in [0, 0.05) is 41.2 Å². The summed E-state index contributed by atoms with van der Waals surface area (Å²) in [6.45, 7) is 6.78. The van der Waals surface area contributed by atoms with E-state index in [1.807, 2.05) is 0 Å². The lowest BCUT2D eigenvalue weighted by atomic mass is 10.1. The molecule has 0 unspecified atom stereocenters. The number of nitrogens with zero attached hydrogens (tertiary/aromatic N) is 4. The average molecular weight is 547 g/mol. The second-order valence-corrected chi connectivity index (χ2v) is 8.17. The van der Waals surface area contributed by atoms with Crippen molar-refractivity contribution in [2.24, 2.45) is 5.10 Å². The van der Waals surface area contributed by atoms with E-state index in [1.54, 1.807) is 31.2 Å². The van der Waals surface area contributed by atoms with Crippen molar-refractivity contribution < 1.29 is 42.9 Å². The molecule has 1 aromatic carbocycles. The normalized spacial score (nSPS) is 13.3. The topological polar surface area (TPSA) is 173 Å². The number of benzene rings is 1. The van der Waals surface area contributed by atoms with Gasteiger partial charge in [-0.05, 0) is 19.1 Å². The van der Waals surface area contributed by atoms with Crippen molar-refractivity contribution in [3.8, 4) is 0 Å². The van der Waals surface area contributed by atoms with E-state index in [-0.39, 0.29) is 12.5 Å². The van der Waals surface area contributed by atoms with Gasteiger partial charge in [-0.1, -0.05) is 12.1 Å². The molecule has 14 nitrogen and oxygen atoms in total. The molecule has 1 aromatic heterocycles. The fourth-order valence-corrected chi connectivity index (χ4v) is 3.54. The number of esters is 4. The van der Waals surface area contributed by atoms with Crippen molar-refractivity contribution in [3.05, 3.63) is 34.6 Å². The van der Waals surface area contributed by atoms with Gasteiger partial charge in [-0.25, -0.2) is 4.98 Å².